The van der Waals surface area contributed by atoms with Gasteiger partial charge in [-0.2, -0.15) is 4.68 Å². The van der Waals surface area contributed by atoms with Gasteiger partial charge in [-0.3, -0.25) is 0 Å². The van der Waals surface area contributed by atoms with Crippen molar-refractivity contribution in [2.75, 3.05) is 0 Å². The van der Waals surface area contributed by atoms with Gasteiger partial charge in [-0.1, -0.05) is 25.1 Å². The lowest BCUT2D eigenvalue weighted by atomic mass is 10.1. The van der Waals surface area contributed by atoms with Crippen LogP contribution >= 0.6 is 0 Å². The first-order chi connectivity index (χ1) is 8.88. The number of para-hydroxylation sites is 1. The molecule has 18 heavy (non-hydrogen) atoms. The van der Waals surface area contributed by atoms with E-state index in [9.17, 15) is 0 Å². The third-order valence-corrected chi connectivity index (χ3v) is 3.26. The Kier molecular flexibility index (Phi) is 3.06. The van der Waals surface area contributed by atoms with E-state index in [0.717, 1.165) is 24.5 Å². The van der Waals surface area contributed by atoms with Gasteiger partial charge in [0.25, 0.3) is 0 Å². The lowest BCUT2D eigenvalue weighted by Crippen LogP contribution is -2.19. The molecular formula is C13H17N5. The number of rotatable bonds is 5. The molecule has 5 heteroatoms. The van der Waals surface area contributed by atoms with E-state index in [4.69, 9.17) is 0 Å². The number of nitrogens with one attached hydrogen (secondary N) is 1. The van der Waals surface area contributed by atoms with Gasteiger partial charge < -0.3 is 5.32 Å². The van der Waals surface area contributed by atoms with Gasteiger partial charge in [0.15, 0.2) is 5.82 Å². The summed E-state index contributed by atoms with van der Waals surface area (Å²) >= 11 is 0. The maximum Gasteiger partial charge on any atom is 0.170 e. The van der Waals surface area contributed by atoms with Crippen molar-refractivity contribution < 1.29 is 0 Å². The fraction of sp³-hybridized carbons (Fsp3) is 0.462. The van der Waals surface area contributed by atoms with E-state index in [0.29, 0.717) is 6.04 Å². The quantitative estimate of drug-likeness (QED) is 0.864. The molecule has 1 aliphatic rings. The van der Waals surface area contributed by atoms with Gasteiger partial charge in [0.05, 0.1) is 12.2 Å². The van der Waals surface area contributed by atoms with E-state index in [2.05, 4.69) is 46.0 Å². The number of tetrazole rings is 1. The summed E-state index contributed by atoms with van der Waals surface area (Å²) in [6.45, 7) is 2.88. The molecule has 0 spiro atoms. The van der Waals surface area contributed by atoms with Crippen LogP contribution in [0.2, 0.25) is 0 Å². The monoisotopic (exact) mass is 243 g/mol. The van der Waals surface area contributed by atoms with Crippen LogP contribution in [-0.4, -0.2) is 26.2 Å². The van der Waals surface area contributed by atoms with Gasteiger partial charge in [0.2, 0.25) is 0 Å². The highest BCUT2D eigenvalue weighted by Crippen LogP contribution is 2.20. The Morgan fingerprint density at radius 2 is 2.17 bits per heavy atom. The number of hydrogen-bond acceptors (Lipinski definition) is 4. The molecule has 1 saturated carbocycles. The van der Waals surface area contributed by atoms with Gasteiger partial charge in [0.1, 0.15) is 0 Å². The summed E-state index contributed by atoms with van der Waals surface area (Å²) in [5, 5.41) is 15.5. The number of benzene rings is 1. The molecule has 5 nitrogen and oxygen atoms in total. The van der Waals surface area contributed by atoms with Crippen LogP contribution in [0.25, 0.3) is 5.69 Å². The first-order valence-corrected chi connectivity index (χ1v) is 6.47. The summed E-state index contributed by atoms with van der Waals surface area (Å²) < 4.78 is 1.84. The lowest BCUT2D eigenvalue weighted by molar-refractivity contribution is 0.636. The summed E-state index contributed by atoms with van der Waals surface area (Å²) in [6.07, 6.45) is 3.52. The van der Waals surface area contributed by atoms with Crippen molar-refractivity contribution in [3.8, 4) is 5.69 Å². The molecule has 3 rings (SSSR count). The minimum Gasteiger partial charge on any atom is -0.307 e. The summed E-state index contributed by atoms with van der Waals surface area (Å²) in [5.41, 5.74) is 2.34. The minimum atomic E-state index is 0.663. The van der Waals surface area contributed by atoms with Crippen molar-refractivity contribution >= 4 is 0 Å². The number of nitrogens with zero attached hydrogens (tertiary/aromatic N) is 4. The molecule has 1 aromatic heterocycles. The topological polar surface area (TPSA) is 55.6 Å². The molecule has 0 unspecified atom stereocenters. The third kappa shape index (κ3) is 2.26. The molecule has 94 valence electrons. The smallest absolute Gasteiger partial charge is 0.170 e. The van der Waals surface area contributed by atoms with Gasteiger partial charge in [-0.15, -0.1) is 5.10 Å². The van der Waals surface area contributed by atoms with E-state index in [1.54, 1.807) is 0 Å². The van der Waals surface area contributed by atoms with Crippen molar-refractivity contribution in [1.29, 1.82) is 0 Å². The third-order valence-electron chi connectivity index (χ3n) is 3.26. The highest BCUT2D eigenvalue weighted by atomic mass is 15.5. The molecule has 1 N–H and O–H groups in total. The van der Waals surface area contributed by atoms with Crippen molar-refractivity contribution in [3.05, 3.63) is 35.7 Å². The van der Waals surface area contributed by atoms with E-state index in [1.165, 1.54) is 18.4 Å². The molecule has 1 fully saturated rings. The zero-order valence-electron chi connectivity index (χ0n) is 10.5. The maximum atomic E-state index is 4.11. The van der Waals surface area contributed by atoms with E-state index in [-0.39, 0.29) is 0 Å². The zero-order valence-corrected chi connectivity index (χ0v) is 10.5. The Morgan fingerprint density at radius 1 is 1.33 bits per heavy atom. The Labute approximate surface area is 106 Å². The Balaban J connectivity index is 1.88. The zero-order chi connectivity index (χ0) is 12.4. The Bertz CT molecular complexity index is 530. The van der Waals surface area contributed by atoms with Crippen LogP contribution in [0.4, 0.5) is 0 Å². The fourth-order valence-corrected chi connectivity index (χ4v) is 2.04. The van der Waals surface area contributed by atoms with Gasteiger partial charge >= 0.3 is 0 Å². The first kappa shape index (κ1) is 11.3. The van der Waals surface area contributed by atoms with Gasteiger partial charge in [0, 0.05) is 6.04 Å². The SMILES string of the molecule is CCc1ccccc1-n1nnnc1CNC1CC1. The predicted molar refractivity (Wildman–Crippen MR) is 68.4 cm³/mol. The summed E-state index contributed by atoms with van der Waals surface area (Å²) in [6, 6.07) is 8.92. The predicted octanol–water partition coefficient (Wildman–Crippen LogP) is 1.48. The van der Waals surface area contributed by atoms with Crippen LogP contribution in [0.1, 0.15) is 31.2 Å². The Hall–Kier alpha value is -1.75. The van der Waals surface area contributed by atoms with Gasteiger partial charge in [-0.25, -0.2) is 0 Å². The molecule has 0 amide bonds. The molecule has 1 heterocycles. The molecule has 2 aromatic rings. The second kappa shape index (κ2) is 4.86. The summed E-state index contributed by atoms with van der Waals surface area (Å²) in [4.78, 5) is 0. The second-order valence-electron chi connectivity index (χ2n) is 4.64. The fourth-order valence-electron chi connectivity index (χ4n) is 2.04. The molecule has 0 bridgehead atoms. The van der Waals surface area contributed by atoms with Crippen LogP contribution in [-0.2, 0) is 13.0 Å². The van der Waals surface area contributed by atoms with Crippen LogP contribution < -0.4 is 5.32 Å². The molecule has 0 atom stereocenters. The van der Waals surface area contributed by atoms with Crippen LogP contribution in [0.3, 0.4) is 0 Å². The molecule has 1 aliphatic carbocycles. The first-order valence-electron chi connectivity index (χ1n) is 6.47. The number of hydrogen-bond donors (Lipinski definition) is 1. The maximum absolute atomic E-state index is 4.11. The average Bonchev–Trinajstić information content (AvgIpc) is 3.13. The lowest BCUT2D eigenvalue weighted by Gasteiger charge is -2.09. The van der Waals surface area contributed by atoms with Crippen LogP contribution in [0.5, 0.6) is 0 Å². The van der Waals surface area contributed by atoms with Crippen molar-refractivity contribution in [2.45, 2.75) is 38.8 Å². The number of aryl methyl sites for hydroxylation is 1. The molecular weight excluding hydrogens is 226 g/mol. The highest BCUT2D eigenvalue weighted by Gasteiger charge is 2.21. The Morgan fingerprint density at radius 3 is 2.94 bits per heavy atom. The molecule has 1 aromatic carbocycles. The molecule has 0 radical (unpaired) electrons. The highest BCUT2D eigenvalue weighted by molar-refractivity contribution is 5.40. The van der Waals surface area contributed by atoms with Gasteiger partial charge in [-0.05, 0) is 41.3 Å². The second-order valence-corrected chi connectivity index (χ2v) is 4.64. The van der Waals surface area contributed by atoms with E-state index in [1.807, 2.05) is 10.7 Å². The molecule has 0 saturated heterocycles. The van der Waals surface area contributed by atoms with Crippen LogP contribution in [0, 0.1) is 0 Å². The van der Waals surface area contributed by atoms with E-state index >= 15 is 0 Å². The molecule has 0 aliphatic heterocycles. The van der Waals surface area contributed by atoms with Crippen LogP contribution in [0.15, 0.2) is 24.3 Å². The summed E-state index contributed by atoms with van der Waals surface area (Å²) in [5.74, 6) is 0.878. The van der Waals surface area contributed by atoms with Crippen molar-refractivity contribution in [1.82, 2.24) is 25.5 Å². The van der Waals surface area contributed by atoms with Crippen molar-refractivity contribution in [2.24, 2.45) is 0 Å². The summed E-state index contributed by atoms with van der Waals surface area (Å²) in [7, 11) is 0. The van der Waals surface area contributed by atoms with E-state index < -0.39 is 0 Å². The van der Waals surface area contributed by atoms with Crippen molar-refractivity contribution in [3.63, 3.8) is 0 Å². The minimum absolute atomic E-state index is 0.663. The standard InChI is InChI=1S/C13H17N5/c1-2-10-5-3-4-6-12(10)18-13(15-16-17-18)9-14-11-7-8-11/h3-6,11,14H,2,7-9H2,1H3. The average molecular weight is 243 g/mol. The normalized spacial score (nSPS) is 14.9. The largest absolute Gasteiger partial charge is 0.307 e. The number of aromatic nitrogens is 4.